The molecule has 196 valence electrons. The third kappa shape index (κ3) is 6.96. The van der Waals surface area contributed by atoms with Crippen LogP contribution in [0.4, 0.5) is 13.2 Å². The number of pyridine rings is 1. The van der Waals surface area contributed by atoms with Crippen molar-refractivity contribution in [1.82, 2.24) is 10.3 Å². The molecule has 3 aliphatic carbocycles. The van der Waals surface area contributed by atoms with Crippen molar-refractivity contribution in [2.45, 2.75) is 82.7 Å². The molecule has 1 heterocycles. The van der Waals surface area contributed by atoms with E-state index < -0.39 is 27.6 Å². The quantitative estimate of drug-likeness (QED) is 0.451. The van der Waals surface area contributed by atoms with Crippen molar-refractivity contribution in [2.24, 2.45) is 17.3 Å². The van der Waals surface area contributed by atoms with Crippen LogP contribution >= 0.6 is 0 Å². The van der Waals surface area contributed by atoms with E-state index in [2.05, 4.69) is 10.3 Å². The molecule has 1 aromatic heterocycles. The van der Waals surface area contributed by atoms with Gasteiger partial charge in [-0.25, -0.2) is 13.4 Å². The Kier molecular flexibility index (Phi) is 7.81. The van der Waals surface area contributed by atoms with Gasteiger partial charge in [0, 0.05) is 13.2 Å². The highest BCUT2D eigenvalue weighted by atomic mass is 32.2. The number of aromatic nitrogens is 1. The van der Waals surface area contributed by atoms with Crippen LogP contribution < -0.4 is 5.32 Å². The Bertz CT molecular complexity index is 1010. The van der Waals surface area contributed by atoms with Crippen LogP contribution in [0.25, 0.3) is 0 Å². The van der Waals surface area contributed by atoms with Crippen LogP contribution in [-0.2, 0) is 27.4 Å². The minimum Gasteiger partial charge on any atom is -0.375 e. The molecule has 0 unspecified atom stereocenters. The zero-order valence-corrected chi connectivity index (χ0v) is 21.0. The standard InChI is InChI=1S/C25H35F3N2O4S/c1-2-34-14-21-20(7-8-22(30-21)25(26,27)28)23(31)29-16-24(13-17-3-4-17)11-9-19(10-12-24)35(32,33)15-18-5-6-18/h7-8,17-19H,2-6,9-16H2,1H3,(H,29,31). The molecule has 3 aliphatic rings. The van der Waals surface area contributed by atoms with Gasteiger partial charge in [0.2, 0.25) is 0 Å². The van der Waals surface area contributed by atoms with Gasteiger partial charge in [0.25, 0.3) is 5.91 Å². The van der Waals surface area contributed by atoms with E-state index in [0.717, 1.165) is 57.1 Å². The first-order chi connectivity index (χ1) is 16.5. The first kappa shape index (κ1) is 26.4. The summed E-state index contributed by atoms with van der Waals surface area (Å²) in [6.45, 7) is 2.20. The minimum atomic E-state index is -4.61. The van der Waals surface area contributed by atoms with Crippen LogP contribution in [0.15, 0.2) is 12.1 Å². The number of hydrogen-bond acceptors (Lipinski definition) is 5. The molecule has 0 atom stereocenters. The topological polar surface area (TPSA) is 85.4 Å². The number of halogens is 3. The third-order valence-corrected chi connectivity index (χ3v) is 10.1. The van der Waals surface area contributed by atoms with E-state index in [1.807, 2.05) is 0 Å². The average molecular weight is 517 g/mol. The Morgan fingerprint density at radius 3 is 2.34 bits per heavy atom. The van der Waals surface area contributed by atoms with Gasteiger partial charge in [0.05, 0.1) is 28.9 Å². The number of nitrogens with one attached hydrogen (secondary N) is 1. The molecule has 6 nitrogen and oxygen atoms in total. The number of carbonyl (C=O) groups excluding carboxylic acids is 1. The lowest BCUT2D eigenvalue weighted by molar-refractivity contribution is -0.141. The highest BCUT2D eigenvalue weighted by Gasteiger charge is 2.44. The monoisotopic (exact) mass is 516 g/mol. The molecule has 0 bridgehead atoms. The third-order valence-electron chi connectivity index (χ3n) is 7.66. The van der Waals surface area contributed by atoms with E-state index in [4.69, 9.17) is 4.74 Å². The smallest absolute Gasteiger partial charge is 0.375 e. The van der Waals surface area contributed by atoms with Crippen molar-refractivity contribution in [3.05, 3.63) is 29.1 Å². The molecule has 10 heteroatoms. The number of ether oxygens (including phenoxy) is 1. The van der Waals surface area contributed by atoms with E-state index in [-0.39, 0.29) is 35.1 Å². The van der Waals surface area contributed by atoms with Crippen LogP contribution in [0.2, 0.25) is 0 Å². The van der Waals surface area contributed by atoms with E-state index in [9.17, 15) is 26.4 Å². The van der Waals surface area contributed by atoms with Crippen molar-refractivity contribution in [3.8, 4) is 0 Å². The molecule has 0 aliphatic heterocycles. The number of carbonyl (C=O) groups is 1. The van der Waals surface area contributed by atoms with E-state index in [1.165, 1.54) is 0 Å². The molecule has 3 fully saturated rings. The Labute approximate surface area is 205 Å². The largest absolute Gasteiger partial charge is 0.433 e. The predicted octanol–water partition coefficient (Wildman–Crippen LogP) is 4.92. The van der Waals surface area contributed by atoms with E-state index in [1.54, 1.807) is 6.92 Å². The molecule has 0 saturated heterocycles. The van der Waals surface area contributed by atoms with E-state index >= 15 is 0 Å². The van der Waals surface area contributed by atoms with Crippen molar-refractivity contribution >= 4 is 15.7 Å². The molecule has 1 N–H and O–H groups in total. The summed E-state index contributed by atoms with van der Waals surface area (Å²) in [5.41, 5.74) is -1.19. The summed E-state index contributed by atoms with van der Waals surface area (Å²) >= 11 is 0. The zero-order chi connectivity index (χ0) is 25.3. The molecule has 1 aromatic rings. The Morgan fingerprint density at radius 2 is 1.77 bits per heavy atom. The average Bonchev–Trinajstić information content (AvgIpc) is 3.74. The zero-order valence-electron chi connectivity index (χ0n) is 20.2. The maximum absolute atomic E-state index is 13.1. The van der Waals surface area contributed by atoms with Gasteiger partial charge >= 0.3 is 6.18 Å². The lowest BCUT2D eigenvalue weighted by Crippen LogP contribution is -2.43. The van der Waals surface area contributed by atoms with Crippen molar-refractivity contribution < 1.29 is 31.1 Å². The van der Waals surface area contributed by atoms with Gasteiger partial charge in [-0.3, -0.25) is 4.79 Å². The molecular weight excluding hydrogens is 481 g/mol. The van der Waals surface area contributed by atoms with Crippen molar-refractivity contribution in [3.63, 3.8) is 0 Å². The Balaban J connectivity index is 1.43. The first-order valence-corrected chi connectivity index (χ1v) is 14.4. The summed E-state index contributed by atoms with van der Waals surface area (Å²) in [7, 11) is -3.09. The second kappa shape index (κ2) is 10.4. The predicted molar refractivity (Wildman–Crippen MR) is 125 cm³/mol. The van der Waals surface area contributed by atoms with Gasteiger partial charge < -0.3 is 10.1 Å². The van der Waals surface area contributed by atoms with Crippen LogP contribution in [0, 0.1) is 17.3 Å². The van der Waals surface area contributed by atoms with Gasteiger partial charge in [-0.1, -0.05) is 12.8 Å². The summed E-state index contributed by atoms with van der Waals surface area (Å²) in [4.78, 5) is 16.7. The fourth-order valence-corrected chi connectivity index (χ4v) is 7.45. The maximum Gasteiger partial charge on any atom is 0.433 e. The first-order valence-electron chi connectivity index (χ1n) is 12.7. The van der Waals surface area contributed by atoms with Crippen LogP contribution in [0.1, 0.15) is 86.5 Å². The lowest BCUT2D eigenvalue weighted by Gasteiger charge is -2.40. The highest BCUT2D eigenvalue weighted by molar-refractivity contribution is 7.92. The fraction of sp³-hybridized carbons (Fsp3) is 0.760. The molecule has 3 saturated carbocycles. The molecule has 0 spiro atoms. The van der Waals surface area contributed by atoms with Crippen LogP contribution in [0.5, 0.6) is 0 Å². The van der Waals surface area contributed by atoms with Crippen LogP contribution in [0.3, 0.4) is 0 Å². The highest BCUT2D eigenvalue weighted by Crippen LogP contribution is 2.49. The second-order valence-electron chi connectivity index (χ2n) is 10.6. The molecule has 0 radical (unpaired) electrons. The second-order valence-corrected chi connectivity index (χ2v) is 13.0. The summed E-state index contributed by atoms with van der Waals surface area (Å²) in [6.07, 6.45) is 3.33. The number of sulfone groups is 1. The minimum absolute atomic E-state index is 0.0368. The molecule has 4 rings (SSSR count). The molecule has 1 amide bonds. The summed E-state index contributed by atoms with van der Waals surface area (Å²) < 4.78 is 70.2. The Hall–Kier alpha value is -1.68. The lowest BCUT2D eigenvalue weighted by atomic mass is 9.70. The summed E-state index contributed by atoms with van der Waals surface area (Å²) in [5.74, 6) is 0.765. The molecule has 0 aromatic carbocycles. The van der Waals surface area contributed by atoms with Gasteiger partial charge in [-0.2, -0.15) is 13.2 Å². The normalized spacial score (nSPS) is 25.4. The van der Waals surface area contributed by atoms with Crippen molar-refractivity contribution in [1.29, 1.82) is 0 Å². The van der Waals surface area contributed by atoms with Gasteiger partial charge in [0.15, 0.2) is 9.84 Å². The fourth-order valence-electron chi connectivity index (χ4n) is 5.24. The molecular formula is C25H35F3N2O4S. The molecule has 35 heavy (non-hydrogen) atoms. The number of hydrogen-bond donors (Lipinski definition) is 1. The van der Waals surface area contributed by atoms with Crippen molar-refractivity contribution in [2.75, 3.05) is 18.9 Å². The van der Waals surface area contributed by atoms with Crippen LogP contribution in [-0.4, -0.2) is 43.5 Å². The SMILES string of the molecule is CCOCc1nc(C(F)(F)F)ccc1C(=O)NCC1(CC2CC2)CCC(S(=O)(=O)CC2CC2)CC1. The Morgan fingerprint density at radius 1 is 1.11 bits per heavy atom. The summed E-state index contributed by atoms with van der Waals surface area (Å²) in [5, 5.41) is 2.65. The maximum atomic E-state index is 13.1. The number of rotatable bonds is 11. The number of amides is 1. The van der Waals surface area contributed by atoms with Gasteiger partial charge in [0.1, 0.15) is 5.69 Å². The number of nitrogens with zero attached hydrogens (tertiary/aromatic N) is 1. The van der Waals surface area contributed by atoms with Gasteiger partial charge in [-0.15, -0.1) is 0 Å². The van der Waals surface area contributed by atoms with Gasteiger partial charge in [-0.05, 0) is 81.3 Å². The summed E-state index contributed by atoms with van der Waals surface area (Å²) in [6, 6.07) is 1.98. The number of alkyl halides is 3. The van der Waals surface area contributed by atoms with E-state index in [0.29, 0.717) is 37.0 Å².